The molecule has 0 unspecified atom stereocenters. The van der Waals surface area contributed by atoms with E-state index in [1.54, 1.807) is 0 Å². The van der Waals surface area contributed by atoms with Crippen LogP contribution < -0.4 is 0 Å². The lowest BCUT2D eigenvalue weighted by Gasteiger charge is -2.16. The summed E-state index contributed by atoms with van der Waals surface area (Å²) in [5.41, 5.74) is 11.3. The highest BCUT2D eigenvalue weighted by Crippen LogP contribution is 2.41. The van der Waals surface area contributed by atoms with Gasteiger partial charge >= 0.3 is 0 Å². The van der Waals surface area contributed by atoms with Crippen LogP contribution in [0.15, 0.2) is 182 Å². The van der Waals surface area contributed by atoms with E-state index < -0.39 is 0 Å². The van der Waals surface area contributed by atoms with E-state index in [-0.39, 0.29) is 0 Å². The fourth-order valence-corrected chi connectivity index (χ4v) is 6.96. The zero-order valence-electron chi connectivity index (χ0n) is 25.7. The summed E-state index contributed by atoms with van der Waals surface area (Å²) in [7, 11) is 0. The van der Waals surface area contributed by atoms with Crippen LogP contribution in [0, 0.1) is 0 Å². The van der Waals surface area contributed by atoms with Gasteiger partial charge in [-0.3, -0.25) is 4.57 Å². The lowest BCUT2D eigenvalue weighted by atomic mass is 9.89. The van der Waals surface area contributed by atoms with Gasteiger partial charge in [-0.2, -0.15) is 0 Å². The van der Waals surface area contributed by atoms with Gasteiger partial charge < -0.3 is 0 Å². The van der Waals surface area contributed by atoms with Gasteiger partial charge in [0.2, 0.25) is 0 Å². The van der Waals surface area contributed by atoms with E-state index in [9.17, 15) is 0 Å². The third-order valence-corrected chi connectivity index (χ3v) is 9.13. The predicted molar refractivity (Wildman–Crippen MR) is 198 cm³/mol. The molecule has 0 aliphatic carbocycles. The fourth-order valence-electron chi connectivity index (χ4n) is 6.96. The van der Waals surface area contributed by atoms with Crippen LogP contribution in [0.25, 0.3) is 83.0 Å². The molecule has 0 fully saturated rings. The van der Waals surface area contributed by atoms with Crippen LogP contribution in [0.3, 0.4) is 0 Å². The standard InChI is InChI=1S/C45H30N2/c1-3-14-31(15-4-1)32-18-13-19-33(26-32)36-28-37(44-40-22-9-7-16-34(40)27-35-17-8-10-23-41(35)44)30-38(29-36)45-46-42-24-11-12-25-43(42)47(45)39-20-5-2-6-21-39/h1-30H. The molecule has 220 valence electrons. The summed E-state index contributed by atoms with van der Waals surface area (Å²) < 4.78 is 2.29. The second-order valence-corrected chi connectivity index (χ2v) is 12.0. The van der Waals surface area contributed by atoms with Crippen molar-refractivity contribution in [2.75, 3.05) is 0 Å². The van der Waals surface area contributed by atoms with Gasteiger partial charge in [-0.05, 0) is 110 Å². The van der Waals surface area contributed by atoms with Crippen molar-refractivity contribution >= 4 is 32.6 Å². The lowest BCUT2D eigenvalue weighted by Crippen LogP contribution is -1.98. The molecule has 0 atom stereocenters. The fraction of sp³-hybridized carbons (Fsp3) is 0. The van der Waals surface area contributed by atoms with Crippen molar-refractivity contribution < 1.29 is 0 Å². The zero-order valence-corrected chi connectivity index (χ0v) is 25.7. The van der Waals surface area contributed by atoms with Crippen LogP contribution in [0.2, 0.25) is 0 Å². The highest BCUT2D eigenvalue weighted by Gasteiger charge is 2.18. The summed E-state index contributed by atoms with van der Waals surface area (Å²) in [6.45, 7) is 0. The monoisotopic (exact) mass is 598 g/mol. The van der Waals surface area contributed by atoms with Gasteiger partial charge in [-0.15, -0.1) is 0 Å². The van der Waals surface area contributed by atoms with Crippen molar-refractivity contribution in [2.24, 2.45) is 0 Å². The minimum absolute atomic E-state index is 0.921. The molecule has 0 N–H and O–H groups in total. The Morgan fingerprint density at radius 2 is 0.894 bits per heavy atom. The van der Waals surface area contributed by atoms with E-state index in [1.807, 2.05) is 0 Å². The molecular formula is C45H30N2. The minimum atomic E-state index is 0.921. The number of nitrogens with zero attached hydrogens (tertiary/aromatic N) is 2. The Morgan fingerprint density at radius 1 is 0.362 bits per heavy atom. The molecule has 0 saturated heterocycles. The van der Waals surface area contributed by atoms with E-state index >= 15 is 0 Å². The first-order valence-electron chi connectivity index (χ1n) is 16.1. The average molecular weight is 599 g/mol. The molecule has 8 aromatic carbocycles. The van der Waals surface area contributed by atoms with Crippen molar-refractivity contribution in [3.63, 3.8) is 0 Å². The number of imidazole rings is 1. The molecule has 47 heavy (non-hydrogen) atoms. The Bertz CT molecular complexity index is 2510. The normalized spacial score (nSPS) is 11.4. The summed E-state index contributed by atoms with van der Waals surface area (Å²) in [5.74, 6) is 0.921. The maximum absolute atomic E-state index is 5.28. The first-order chi connectivity index (χ1) is 23.3. The highest BCUT2D eigenvalue weighted by molar-refractivity contribution is 6.13. The van der Waals surface area contributed by atoms with E-state index in [0.29, 0.717) is 0 Å². The van der Waals surface area contributed by atoms with Crippen molar-refractivity contribution in [1.82, 2.24) is 9.55 Å². The zero-order chi connectivity index (χ0) is 31.2. The van der Waals surface area contributed by atoms with Gasteiger partial charge in [0, 0.05) is 11.3 Å². The second kappa shape index (κ2) is 11.3. The van der Waals surface area contributed by atoms with Crippen LogP contribution in [0.5, 0.6) is 0 Å². The van der Waals surface area contributed by atoms with Gasteiger partial charge in [-0.25, -0.2) is 4.98 Å². The summed E-state index contributed by atoms with van der Waals surface area (Å²) in [6, 6.07) is 65.2. The van der Waals surface area contributed by atoms with Crippen molar-refractivity contribution in [2.45, 2.75) is 0 Å². The van der Waals surface area contributed by atoms with E-state index in [2.05, 4.69) is 187 Å². The minimum Gasteiger partial charge on any atom is -0.292 e. The molecule has 0 bridgehead atoms. The number of para-hydroxylation sites is 3. The van der Waals surface area contributed by atoms with Gasteiger partial charge in [0.15, 0.2) is 0 Å². The number of benzene rings is 8. The molecule has 0 aliphatic heterocycles. The highest BCUT2D eigenvalue weighted by atomic mass is 15.1. The number of aromatic nitrogens is 2. The van der Waals surface area contributed by atoms with E-state index in [4.69, 9.17) is 4.98 Å². The summed E-state index contributed by atoms with van der Waals surface area (Å²) in [5, 5.41) is 4.94. The van der Waals surface area contributed by atoms with Crippen LogP contribution in [0.4, 0.5) is 0 Å². The van der Waals surface area contributed by atoms with Crippen molar-refractivity contribution in [3.8, 4) is 50.5 Å². The molecule has 0 saturated carbocycles. The van der Waals surface area contributed by atoms with Gasteiger partial charge in [0.1, 0.15) is 5.82 Å². The largest absolute Gasteiger partial charge is 0.292 e. The first kappa shape index (κ1) is 27.1. The summed E-state index contributed by atoms with van der Waals surface area (Å²) in [6.07, 6.45) is 0. The molecule has 1 aromatic heterocycles. The quantitative estimate of drug-likeness (QED) is 0.180. The number of hydrogen-bond acceptors (Lipinski definition) is 1. The molecule has 0 spiro atoms. The number of hydrogen-bond donors (Lipinski definition) is 0. The summed E-state index contributed by atoms with van der Waals surface area (Å²) in [4.78, 5) is 5.28. The molecule has 1 heterocycles. The Hall–Kier alpha value is -6.25. The van der Waals surface area contributed by atoms with Gasteiger partial charge in [-0.1, -0.05) is 127 Å². The first-order valence-corrected chi connectivity index (χ1v) is 16.1. The lowest BCUT2D eigenvalue weighted by molar-refractivity contribution is 1.10. The molecule has 0 radical (unpaired) electrons. The van der Waals surface area contributed by atoms with Crippen LogP contribution in [0.1, 0.15) is 0 Å². The summed E-state index contributed by atoms with van der Waals surface area (Å²) >= 11 is 0. The molecule has 9 rings (SSSR count). The number of rotatable bonds is 5. The third kappa shape index (κ3) is 4.79. The van der Waals surface area contributed by atoms with Gasteiger partial charge in [0.05, 0.1) is 11.0 Å². The van der Waals surface area contributed by atoms with Gasteiger partial charge in [0.25, 0.3) is 0 Å². The smallest absolute Gasteiger partial charge is 0.145 e. The SMILES string of the molecule is c1ccc(-c2cccc(-c3cc(-c4c5ccccc5cc5ccccc45)cc(-c4nc5ccccc5n4-c4ccccc4)c3)c2)cc1. The van der Waals surface area contributed by atoms with E-state index in [0.717, 1.165) is 33.7 Å². The average Bonchev–Trinajstić information content (AvgIpc) is 3.54. The molecule has 9 aromatic rings. The molecule has 2 nitrogen and oxygen atoms in total. The second-order valence-electron chi connectivity index (χ2n) is 12.0. The Balaban J connectivity index is 1.36. The van der Waals surface area contributed by atoms with Crippen molar-refractivity contribution in [3.05, 3.63) is 182 Å². The maximum atomic E-state index is 5.28. The molecular weight excluding hydrogens is 569 g/mol. The predicted octanol–water partition coefficient (Wildman–Crippen LogP) is 12.0. The maximum Gasteiger partial charge on any atom is 0.145 e. The molecule has 2 heteroatoms. The van der Waals surface area contributed by atoms with Crippen LogP contribution in [-0.2, 0) is 0 Å². The van der Waals surface area contributed by atoms with Crippen LogP contribution >= 0.6 is 0 Å². The Labute approximate surface area is 273 Å². The molecule has 0 aliphatic rings. The van der Waals surface area contributed by atoms with Crippen molar-refractivity contribution in [1.29, 1.82) is 0 Å². The Kier molecular flexibility index (Phi) is 6.50. The third-order valence-electron chi connectivity index (χ3n) is 9.13. The van der Waals surface area contributed by atoms with Crippen LogP contribution in [-0.4, -0.2) is 9.55 Å². The number of fused-ring (bicyclic) bond motifs is 3. The van der Waals surface area contributed by atoms with E-state index in [1.165, 1.54) is 49.4 Å². The molecule has 0 amide bonds. The topological polar surface area (TPSA) is 17.8 Å². The Morgan fingerprint density at radius 3 is 1.64 bits per heavy atom.